The molecule has 120 valence electrons. The highest BCUT2D eigenvalue weighted by molar-refractivity contribution is 7.89. The summed E-state index contributed by atoms with van der Waals surface area (Å²) in [5.74, 6) is 0. The van der Waals surface area contributed by atoms with E-state index in [2.05, 4.69) is 4.72 Å². The number of hydrogen-bond acceptors (Lipinski definition) is 4. The van der Waals surface area contributed by atoms with Gasteiger partial charge in [-0.15, -0.1) is 0 Å². The number of rotatable bonds is 8. The first-order valence-corrected chi connectivity index (χ1v) is 8.59. The second-order valence-electron chi connectivity index (χ2n) is 4.95. The van der Waals surface area contributed by atoms with Crippen LogP contribution in [-0.4, -0.2) is 35.5 Å². The van der Waals surface area contributed by atoms with Gasteiger partial charge in [0.05, 0.1) is 4.90 Å². The van der Waals surface area contributed by atoms with E-state index >= 15 is 0 Å². The van der Waals surface area contributed by atoms with Crippen LogP contribution in [0.2, 0.25) is 0 Å². The lowest BCUT2D eigenvalue weighted by Gasteiger charge is -2.13. The highest BCUT2D eigenvalue weighted by atomic mass is 32.2. The first kappa shape index (κ1) is 16.9. The molecule has 0 unspecified atom stereocenters. The van der Waals surface area contributed by atoms with E-state index in [-0.39, 0.29) is 11.2 Å². The normalized spacial score (nSPS) is 12.1. The quantitative estimate of drug-likeness (QED) is 0.599. The first-order valence-electron chi connectivity index (χ1n) is 7.11. The molecular formula is C16H21NO4S. The zero-order valence-corrected chi connectivity index (χ0v) is 13.6. The minimum Gasteiger partial charge on any atom is -0.356 e. The van der Waals surface area contributed by atoms with Gasteiger partial charge in [0.15, 0.2) is 6.29 Å². The average molecular weight is 323 g/mol. The minimum atomic E-state index is -3.49. The van der Waals surface area contributed by atoms with Crippen molar-refractivity contribution < 1.29 is 17.9 Å². The maximum absolute atomic E-state index is 12.3. The summed E-state index contributed by atoms with van der Waals surface area (Å²) >= 11 is 0. The van der Waals surface area contributed by atoms with Crippen molar-refractivity contribution >= 4 is 20.8 Å². The summed E-state index contributed by atoms with van der Waals surface area (Å²) in [6, 6.07) is 12.8. The van der Waals surface area contributed by atoms with Crippen LogP contribution in [0.15, 0.2) is 47.4 Å². The minimum absolute atomic E-state index is 0.279. The summed E-state index contributed by atoms with van der Waals surface area (Å²) in [4.78, 5) is 0.279. The molecule has 0 aromatic heterocycles. The molecule has 0 radical (unpaired) electrons. The van der Waals surface area contributed by atoms with Crippen LogP contribution < -0.4 is 4.72 Å². The molecule has 2 aromatic rings. The van der Waals surface area contributed by atoms with Crippen LogP contribution in [0.25, 0.3) is 10.8 Å². The molecule has 22 heavy (non-hydrogen) atoms. The summed E-state index contributed by atoms with van der Waals surface area (Å²) in [6.07, 6.45) is 0.969. The number of sulfonamides is 1. The molecule has 0 aliphatic heterocycles. The number of methoxy groups -OCH3 is 2. The maximum atomic E-state index is 12.3. The van der Waals surface area contributed by atoms with Gasteiger partial charge in [0.25, 0.3) is 0 Å². The Morgan fingerprint density at radius 1 is 1.05 bits per heavy atom. The Bertz CT molecular complexity index is 711. The van der Waals surface area contributed by atoms with E-state index in [1.165, 1.54) is 0 Å². The molecule has 0 saturated heterocycles. The highest BCUT2D eigenvalue weighted by Gasteiger charge is 2.14. The van der Waals surface area contributed by atoms with Gasteiger partial charge in [0.1, 0.15) is 0 Å². The zero-order valence-electron chi connectivity index (χ0n) is 12.8. The number of fused-ring (bicyclic) bond motifs is 1. The molecule has 0 heterocycles. The van der Waals surface area contributed by atoms with Gasteiger partial charge >= 0.3 is 0 Å². The molecule has 1 N–H and O–H groups in total. The summed E-state index contributed by atoms with van der Waals surface area (Å²) < 4.78 is 37.3. The molecule has 0 saturated carbocycles. The first-order chi connectivity index (χ1) is 10.6. The van der Waals surface area contributed by atoms with Crippen molar-refractivity contribution in [3.8, 4) is 0 Å². The van der Waals surface area contributed by atoms with Crippen molar-refractivity contribution in [1.82, 2.24) is 4.72 Å². The monoisotopic (exact) mass is 323 g/mol. The average Bonchev–Trinajstić information content (AvgIpc) is 2.54. The van der Waals surface area contributed by atoms with E-state index in [1.807, 2.05) is 30.3 Å². The van der Waals surface area contributed by atoms with Crippen molar-refractivity contribution in [1.29, 1.82) is 0 Å². The molecular weight excluding hydrogens is 302 g/mol. The highest BCUT2D eigenvalue weighted by Crippen LogP contribution is 2.18. The molecule has 0 aliphatic carbocycles. The lowest BCUT2D eigenvalue weighted by atomic mass is 10.1. The second kappa shape index (κ2) is 7.69. The van der Waals surface area contributed by atoms with E-state index in [1.54, 1.807) is 26.4 Å². The Hall–Kier alpha value is -1.47. The van der Waals surface area contributed by atoms with E-state index < -0.39 is 10.0 Å². The van der Waals surface area contributed by atoms with Crippen LogP contribution in [0.5, 0.6) is 0 Å². The predicted octanol–water partition coefficient (Wildman–Crippen LogP) is 2.52. The number of nitrogens with one attached hydrogen (secondary N) is 1. The fraction of sp³-hybridized carbons (Fsp3) is 0.375. The Balaban J connectivity index is 1.99. The molecule has 0 amide bonds. The standard InChI is InChI=1S/C16H21NO4S/c1-20-16(21-2)8-5-11-17-22(18,19)15-10-9-13-6-3-4-7-14(13)12-15/h3-4,6-7,9-10,12,16-17H,5,8,11H2,1-2H3. The van der Waals surface area contributed by atoms with Gasteiger partial charge in [-0.3, -0.25) is 0 Å². The van der Waals surface area contributed by atoms with E-state index in [0.29, 0.717) is 19.4 Å². The van der Waals surface area contributed by atoms with Crippen molar-refractivity contribution in [2.45, 2.75) is 24.0 Å². The number of ether oxygens (including phenoxy) is 2. The number of benzene rings is 2. The van der Waals surface area contributed by atoms with Crippen LogP contribution in [0.3, 0.4) is 0 Å². The molecule has 5 nitrogen and oxygen atoms in total. The van der Waals surface area contributed by atoms with Gasteiger partial charge in [0.2, 0.25) is 10.0 Å². The van der Waals surface area contributed by atoms with Gasteiger partial charge < -0.3 is 9.47 Å². The van der Waals surface area contributed by atoms with Crippen LogP contribution in [0, 0.1) is 0 Å². The third-order valence-corrected chi connectivity index (χ3v) is 4.92. The lowest BCUT2D eigenvalue weighted by Crippen LogP contribution is -2.26. The second-order valence-corrected chi connectivity index (χ2v) is 6.72. The molecule has 6 heteroatoms. The van der Waals surface area contributed by atoms with Crippen molar-refractivity contribution in [2.75, 3.05) is 20.8 Å². The van der Waals surface area contributed by atoms with Crippen LogP contribution in [0.4, 0.5) is 0 Å². The summed E-state index contributed by atoms with van der Waals surface area (Å²) in [6.45, 7) is 0.346. The third-order valence-electron chi connectivity index (χ3n) is 3.47. The van der Waals surface area contributed by atoms with E-state index in [0.717, 1.165) is 10.8 Å². The summed E-state index contributed by atoms with van der Waals surface area (Å²) in [5, 5.41) is 1.92. The van der Waals surface area contributed by atoms with Gasteiger partial charge in [-0.1, -0.05) is 30.3 Å². The van der Waals surface area contributed by atoms with Gasteiger partial charge in [-0.2, -0.15) is 0 Å². The maximum Gasteiger partial charge on any atom is 0.240 e. The molecule has 2 aromatic carbocycles. The Labute approximate surface area is 131 Å². The van der Waals surface area contributed by atoms with Crippen molar-refractivity contribution in [3.05, 3.63) is 42.5 Å². The molecule has 0 aliphatic rings. The Kier molecular flexibility index (Phi) is 5.90. The van der Waals surface area contributed by atoms with Gasteiger partial charge in [-0.05, 0) is 35.7 Å². The molecule has 0 spiro atoms. The Morgan fingerprint density at radius 3 is 2.41 bits per heavy atom. The van der Waals surface area contributed by atoms with Crippen molar-refractivity contribution in [3.63, 3.8) is 0 Å². The van der Waals surface area contributed by atoms with Gasteiger partial charge in [-0.25, -0.2) is 13.1 Å². The molecule has 0 atom stereocenters. The molecule has 0 fully saturated rings. The smallest absolute Gasteiger partial charge is 0.240 e. The number of hydrogen-bond donors (Lipinski definition) is 1. The predicted molar refractivity (Wildman–Crippen MR) is 86.2 cm³/mol. The summed E-state index contributed by atoms with van der Waals surface area (Å²) in [5.41, 5.74) is 0. The SMILES string of the molecule is COC(CCCNS(=O)(=O)c1ccc2ccccc2c1)OC. The largest absolute Gasteiger partial charge is 0.356 e. The summed E-state index contributed by atoms with van der Waals surface area (Å²) in [7, 11) is -0.369. The lowest BCUT2D eigenvalue weighted by molar-refractivity contribution is -0.106. The topological polar surface area (TPSA) is 64.6 Å². The molecule has 0 bridgehead atoms. The van der Waals surface area contributed by atoms with Gasteiger partial charge in [0, 0.05) is 20.8 Å². The Morgan fingerprint density at radius 2 is 1.73 bits per heavy atom. The van der Waals surface area contributed by atoms with E-state index in [4.69, 9.17) is 9.47 Å². The van der Waals surface area contributed by atoms with Crippen LogP contribution >= 0.6 is 0 Å². The zero-order chi connectivity index (χ0) is 16.0. The fourth-order valence-electron chi connectivity index (χ4n) is 2.23. The van der Waals surface area contributed by atoms with Crippen molar-refractivity contribution in [2.24, 2.45) is 0 Å². The van der Waals surface area contributed by atoms with Crippen LogP contribution in [0.1, 0.15) is 12.8 Å². The fourth-order valence-corrected chi connectivity index (χ4v) is 3.33. The molecule has 2 rings (SSSR count). The van der Waals surface area contributed by atoms with E-state index in [9.17, 15) is 8.42 Å². The third kappa shape index (κ3) is 4.27. The van der Waals surface area contributed by atoms with Crippen LogP contribution in [-0.2, 0) is 19.5 Å².